The van der Waals surface area contributed by atoms with Crippen LogP contribution in [0, 0.1) is 0 Å². The lowest BCUT2D eigenvalue weighted by Crippen LogP contribution is -2.35. The second-order valence-corrected chi connectivity index (χ2v) is 9.37. The summed E-state index contributed by atoms with van der Waals surface area (Å²) in [4.78, 5) is 12.7. The first-order chi connectivity index (χ1) is 14.5. The van der Waals surface area contributed by atoms with Gasteiger partial charge in [-0.15, -0.1) is 0 Å². The number of hydrogen-bond acceptors (Lipinski definition) is 4. The smallest absolute Gasteiger partial charge is 0.262 e. The van der Waals surface area contributed by atoms with Crippen LogP contribution in [0.1, 0.15) is 44.2 Å². The van der Waals surface area contributed by atoms with E-state index in [1.807, 2.05) is 18.2 Å². The van der Waals surface area contributed by atoms with Gasteiger partial charge in [-0.2, -0.15) is 4.31 Å². The summed E-state index contributed by atoms with van der Waals surface area (Å²) >= 11 is 0. The van der Waals surface area contributed by atoms with E-state index >= 15 is 0 Å². The maximum absolute atomic E-state index is 12.7. The zero-order chi connectivity index (χ0) is 21.6. The van der Waals surface area contributed by atoms with Crippen molar-refractivity contribution in [2.75, 3.05) is 25.0 Å². The van der Waals surface area contributed by atoms with Crippen LogP contribution < -0.4 is 10.1 Å². The summed E-state index contributed by atoms with van der Waals surface area (Å²) in [5, 5.41) is 2.96. The van der Waals surface area contributed by atoms with Crippen molar-refractivity contribution in [3.8, 4) is 5.75 Å². The highest BCUT2D eigenvalue weighted by Gasteiger charge is 2.25. The average molecular weight is 431 g/mol. The first-order valence-electron chi connectivity index (χ1n) is 10.6. The van der Waals surface area contributed by atoms with Crippen molar-refractivity contribution in [2.45, 2.75) is 50.8 Å². The number of aryl methyl sites for hydroxylation is 2. The maximum Gasteiger partial charge on any atom is 0.262 e. The highest BCUT2D eigenvalue weighted by atomic mass is 32.2. The van der Waals surface area contributed by atoms with Gasteiger partial charge in [-0.05, 0) is 61.1 Å². The van der Waals surface area contributed by atoms with Crippen molar-refractivity contribution in [3.63, 3.8) is 0 Å². The van der Waals surface area contributed by atoms with Crippen molar-refractivity contribution < 1.29 is 17.9 Å². The summed E-state index contributed by atoms with van der Waals surface area (Å²) in [5.41, 5.74) is 3.05. The number of carbonyl (C=O) groups excluding carboxylic acids is 1. The molecule has 1 N–H and O–H groups in total. The minimum Gasteiger partial charge on any atom is -0.484 e. The van der Waals surface area contributed by atoms with Gasteiger partial charge in [0.1, 0.15) is 5.75 Å². The van der Waals surface area contributed by atoms with Crippen molar-refractivity contribution in [1.29, 1.82) is 0 Å². The van der Waals surface area contributed by atoms with Gasteiger partial charge in [0.15, 0.2) is 6.61 Å². The second-order valence-electron chi connectivity index (χ2n) is 7.43. The number of benzene rings is 2. The Morgan fingerprint density at radius 2 is 1.57 bits per heavy atom. The summed E-state index contributed by atoms with van der Waals surface area (Å²) in [5.74, 6) is 0.220. The third kappa shape index (κ3) is 5.21. The minimum absolute atomic E-state index is 0.139. The summed E-state index contributed by atoms with van der Waals surface area (Å²) in [6.45, 7) is 5.11. The molecule has 6 nitrogen and oxygen atoms in total. The Kier molecular flexibility index (Phi) is 7.50. The quantitative estimate of drug-likeness (QED) is 0.687. The van der Waals surface area contributed by atoms with E-state index in [1.165, 1.54) is 4.31 Å². The molecule has 0 atom stereocenters. The molecule has 0 aliphatic carbocycles. The Hall–Kier alpha value is -2.38. The molecule has 0 saturated carbocycles. The second kappa shape index (κ2) is 10.1. The van der Waals surface area contributed by atoms with Crippen LogP contribution in [0.3, 0.4) is 0 Å². The number of piperidine rings is 1. The van der Waals surface area contributed by atoms with Crippen molar-refractivity contribution >= 4 is 21.6 Å². The summed E-state index contributed by atoms with van der Waals surface area (Å²) in [7, 11) is -3.47. The van der Waals surface area contributed by atoms with E-state index in [-0.39, 0.29) is 17.4 Å². The monoisotopic (exact) mass is 430 g/mol. The molecule has 1 heterocycles. The zero-order valence-electron chi connectivity index (χ0n) is 17.7. The van der Waals surface area contributed by atoms with E-state index < -0.39 is 10.0 Å². The molecule has 1 aliphatic heterocycles. The molecule has 0 spiro atoms. The number of rotatable bonds is 8. The molecule has 0 radical (unpaired) electrons. The largest absolute Gasteiger partial charge is 0.484 e. The SMILES string of the molecule is CCc1cccc(CC)c1NC(=O)COc1ccc(S(=O)(=O)N2CCCCC2)cc1. The molecule has 30 heavy (non-hydrogen) atoms. The fourth-order valence-corrected chi connectivity index (χ4v) is 5.21. The third-order valence-electron chi connectivity index (χ3n) is 5.41. The highest BCUT2D eigenvalue weighted by molar-refractivity contribution is 7.89. The number of anilines is 1. The van der Waals surface area contributed by atoms with Crippen molar-refractivity contribution in [3.05, 3.63) is 53.6 Å². The summed E-state index contributed by atoms with van der Waals surface area (Å²) < 4.78 is 32.5. The highest BCUT2D eigenvalue weighted by Crippen LogP contribution is 2.24. The van der Waals surface area contributed by atoms with Gasteiger partial charge < -0.3 is 10.1 Å². The summed E-state index contributed by atoms with van der Waals surface area (Å²) in [6, 6.07) is 12.3. The summed E-state index contributed by atoms with van der Waals surface area (Å²) in [6.07, 6.45) is 4.53. The Bertz CT molecular complexity index is 943. The van der Waals surface area contributed by atoms with E-state index in [1.54, 1.807) is 24.3 Å². The number of nitrogens with one attached hydrogen (secondary N) is 1. The number of sulfonamides is 1. The van der Waals surface area contributed by atoms with Gasteiger partial charge in [0.05, 0.1) is 4.90 Å². The first kappa shape index (κ1) is 22.3. The number of ether oxygens (including phenoxy) is 1. The Balaban J connectivity index is 1.61. The molecule has 0 unspecified atom stereocenters. The van der Waals surface area contributed by atoms with Crippen LogP contribution in [0.2, 0.25) is 0 Å². The van der Waals surface area contributed by atoms with Crippen molar-refractivity contribution in [1.82, 2.24) is 4.31 Å². The number of carbonyl (C=O) groups is 1. The van der Waals surface area contributed by atoms with Gasteiger partial charge in [-0.1, -0.05) is 38.5 Å². The molecular weight excluding hydrogens is 400 g/mol. The molecule has 1 aliphatic rings. The van der Waals surface area contributed by atoms with Crippen LogP contribution in [0.4, 0.5) is 5.69 Å². The lowest BCUT2D eigenvalue weighted by Gasteiger charge is -2.25. The molecular formula is C23H30N2O4S. The van der Waals surface area contributed by atoms with E-state index in [4.69, 9.17) is 4.74 Å². The third-order valence-corrected chi connectivity index (χ3v) is 7.32. The standard InChI is InChI=1S/C23H30N2O4S/c1-3-18-9-8-10-19(4-2)23(18)24-22(26)17-29-20-11-13-21(14-12-20)30(27,28)25-15-6-5-7-16-25/h8-14H,3-7,15-17H2,1-2H3,(H,24,26). The molecule has 162 valence electrons. The number of amides is 1. The topological polar surface area (TPSA) is 75.7 Å². The predicted octanol–water partition coefficient (Wildman–Crippen LogP) is 4.00. The fraction of sp³-hybridized carbons (Fsp3) is 0.435. The molecule has 1 saturated heterocycles. The number of nitrogens with zero attached hydrogens (tertiary/aromatic N) is 1. The Labute approximate surface area is 179 Å². The first-order valence-corrected chi connectivity index (χ1v) is 12.0. The average Bonchev–Trinajstić information content (AvgIpc) is 2.78. The maximum atomic E-state index is 12.7. The van der Waals surface area contributed by atoms with Gasteiger partial charge in [0, 0.05) is 18.8 Å². The van der Waals surface area contributed by atoms with E-state index in [0.29, 0.717) is 18.8 Å². The van der Waals surface area contributed by atoms with Crippen molar-refractivity contribution in [2.24, 2.45) is 0 Å². The molecule has 7 heteroatoms. The zero-order valence-corrected chi connectivity index (χ0v) is 18.5. The van der Waals surface area contributed by atoms with Crippen LogP contribution in [0.5, 0.6) is 5.75 Å². The lowest BCUT2D eigenvalue weighted by atomic mass is 10.0. The van der Waals surface area contributed by atoms with Crippen LogP contribution in [-0.2, 0) is 27.7 Å². The van der Waals surface area contributed by atoms with Gasteiger partial charge in [0.2, 0.25) is 10.0 Å². The van der Waals surface area contributed by atoms with Crippen LogP contribution in [-0.4, -0.2) is 38.3 Å². The molecule has 2 aromatic rings. The molecule has 2 aromatic carbocycles. The lowest BCUT2D eigenvalue weighted by molar-refractivity contribution is -0.118. The number of hydrogen-bond donors (Lipinski definition) is 1. The molecule has 3 rings (SSSR count). The van der Waals surface area contributed by atoms with Gasteiger partial charge in [-0.25, -0.2) is 8.42 Å². The van der Waals surface area contributed by atoms with Gasteiger partial charge >= 0.3 is 0 Å². The van der Waals surface area contributed by atoms with E-state index in [9.17, 15) is 13.2 Å². The Morgan fingerprint density at radius 3 is 2.13 bits per heavy atom. The molecule has 0 bridgehead atoms. The van der Waals surface area contributed by atoms with Crippen LogP contribution in [0.25, 0.3) is 0 Å². The molecule has 1 fully saturated rings. The molecule has 1 amide bonds. The van der Waals surface area contributed by atoms with Gasteiger partial charge in [-0.3, -0.25) is 4.79 Å². The number of para-hydroxylation sites is 1. The minimum atomic E-state index is -3.47. The van der Waals surface area contributed by atoms with Gasteiger partial charge in [0.25, 0.3) is 5.91 Å². The van der Waals surface area contributed by atoms with Crippen LogP contribution >= 0.6 is 0 Å². The normalized spacial score (nSPS) is 15.0. The fourth-order valence-electron chi connectivity index (χ4n) is 3.69. The van der Waals surface area contributed by atoms with Crippen LogP contribution in [0.15, 0.2) is 47.4 Å². The van der Waals surface area contributed by atoms with E-state index in [0.717, 1.165) is 48.9 Å². The predicted molar refractivity (Wildman–Crippen MR) is 118 cm³/mol. The Morgan fingerprint density at radius 1 is 0.967 bits per heavy atom. The van der Waals surface area contributed by atoms with E-state index in [2.05, 4.69) is 19.2 Å². The molecule has 0 aromatic heterocycles.